The standard InChI is InChI=1S/C20H32N2O4S/c1-4-6-7-8-9-10-11-12-13-15(23)22-19-16(20(25)26-5-2)14(3)17(27-19)18(21)24/h4-13H2,1-3H3,(H2,21,24)(H,22,23). The van der Waals surface area contributed by atoms with Gasteiger partial charge in [0.2, 0.25) is 5.91 Å². The van der Waals surface area contributed by atoms with Crippen LogP contribution in [0.3, 0.4) is 0 Å². The van der Waals surface area contributed by atoms with Crippen LogP contribution in [0.25, 0.3) is 0 Å². The lowest BCUT2D eigenvalue weighted by Gasteiger charge is -2.07. The molecule has 6 nitrogen and oxygen atoms in total. The quantitative estimate of drug-likeness (QED) is 0.369. The number of nitrogens with one attached hydrogen (secondary N) is 1. The lowest BCUT2D eigenvalue weighted by molar-refractivity contribution is -0.116. The molecule has 0 saturated carbocycles. The first-order valence-electron chi connectivity index (χ1n) is 9.82. The van der Waals surface area contributed by atoms with Crippen LogP contribution in [-0.4, -0.2) is 24.4 Å². The molecule has 0 fully saturated rings. The number of carbonyl (C=O) groups excluding carboxylic acids is 3. The summed E-state index contributed by atoms with van der Waals surface area (Å²) in [6.07, 6.45) is 9.63. The molecule has 7 heteroatoms. The van der Waals surface area contributed by atoms with E-state index >= 15 is 0 Å². The van der Waals surface area contributed by atoms with Gasteiger partial charge in [-0.15, -0.1) is 11.3 Å². The van der Waals surface area contributed by atoms with Gasteiger partial charge in [-0.2, -0.15) is 0 Å². The van der Waals surface area contributed by atoms with Gasteiger partial charge in [0.05, 0.1) is 17.0 Å². The van der Waals surface area contributed by atoms with E-state index in [4.69, 9.17) is 10.5 Å². The Kier molecular flexibility index (Phi) is 10.7. The summed E-state index contributed by atoms with van der Waals surface area (Å²) >= 11 is 1.02. The van der Waals surface area contributed by atoms with Crippen LogP contribution in [0.15, 0.2) is 0 Å². The highest BCUT2D eigenvalue weighted by molar-refractivity contribution is 7.18. The topological polar surface area (TPSA) is 98.5 Å². The third kappa shape index (κ3) is 7.71. The van der Waals surface area contributed by atoms with Crippen LogP contribution in [0.4, 0.5) is 5.00 Å². The zero-order valence-electron chi connectivity index (χ0n) is 16.7. The third-order valence-electron chi connectivity index (χ3n) is 4.36. The second-order valence-corrected chi connectivity index (χ2v) is 7.64. The monoisotopic (exact) mass is 396 g/mol. The molecule has 1 aromatic rings. The molecule has 0 aliphatic carbocycles. The molecule has 1 heterocycles. The molecule has 0 radical (unpaired) electrons. The largest absolute Gasteiger partial charge is 0.462 e. The van der Waals surface area contributed by atoms with E-state index in [1.807, 2.05) is 0 Å². The van der Waals surface area contributed by atoms with Crippen LogP contribution in [0, 0.1) is 6.92 Å². The average molecular weight is 397 g/mol. The van der Waals surface area contributed by atoms with Crippen molar-refractivity contribution in [3.8, 4) is 0 Å². The molecule has 1 rings (SSSR count). The summed E-state index contributed by atoms with van der Waals surface area (Å²) in [6, 6.07) is 0. The van der Waals surface area contributed by atoms with E-state index in [0.717, 1.165) is 30.6 Å². The van der Waals surface area contributed by atoms with Crippen molar-refractivity contribution in [2.45, 2.75) is 78.6 Å². The zero-order chi connectivity index (χ0) is 20.2. The Hall–Kier alpha value is -1.89. The molecule has 0 aromatic carbocycles. The molecule has 2 amide bonds. The molecule has 0 atom stereocenters. The Balaban J connectivity index is 2.56. The molecule has 0 spiro atoms. The highest BCUT2D eigenvalue weighted by Crippen LogP contribution is 2.33. The number of esters is 1. The van der Waals surface area contributed by atoms with E-state index in [0.29, 0.717) is 17.0 Å². The second-order valence-electron chi connectivity index (χ2n) is 6.62. The van der Waals surface area contributed by atoms with Gasteiger partial charge >= 0.3 is 5.97 Å². The number of primary amides is 1. The number of amides is 2. The summed E-state index contributed by atoms with van der Waals surface area (Å²) in [5.74, 6) is -1.34. The predicted octanol–water partition coefficient (Wildman–Crippen LogP) is 4.80. The van der Waals surface area contributed by atoms with Gasteiger partial charge in [-0.25, -0.2) is 4.79 Å². The van der Waals surface area contributed by atoms with Crippen molar-refractivity contribution in [1.82, 2.24) is 0 Å². The number of hydrogen-bond acceptors (Lipinski definition) is 5. The van der Waals surface area contributed by atoms with Gasteiger partial charge in [0.1, 0.15) is 5.00 Å². The minimum Gasteiger partial charge on any atom is -0.462 e. The average Bonchev–Trinajstić information content (AvgIpc) is 2.93. The van der Waals surface area contributed by atoms with Crippen LogP contribution < -0.4 is 11.1 Å². The Labute approximate surface area is 165 Å². The second kappa shape index (κ2) is 12.5. The lowest BCUT2D eigenvalue weighted by atomic mass is 10.1. The number of unbranched alkanes of at least 4 members (excludes halogenated alkanes) is 7. The first kappa shape index (κ1) is 23.1. The Bertz CT molecular complexity index is 640. The van der Waals surface area contributed by atoms with E-state index < -0.39 is 11.9 Å². The van der Waals surface area contributed by atoms with Crippen molar-refractivity contribution in [2.24, 2.45) is 5.73 Å². The molecule has 152 valence electrons. The number of thiophene rings is 1. The number of carbonyl (C=O) groups is 3. The highest BCUT2D eigenvalue weighted by Gasteiger charge is 2.25. The van der Waals surface area contributed by atoms with Crippen molar-refractivity contribution in [2.75, 3.05) is 11.9 Å². The maximum atomic E-state index is 12.2. The first-order chi connectivity index (χ1) is 12.9. The van der Waals surface area contributed by atoms with Crippen molar-refractivity contribution in [3.63, 3.8) is 0 Å². The number of hydrogen-bond donors (Lipinski definition) is 2. The fourth-order valence-electron chi connectivity index (χ4n) is 2.89. The maximum absolute atomic E-state index is 12.2. The molecule has 0 aliphatic heterocycles. The van der Waals surface area contributed by atoms with Gasteiger partial charge in [0, 0.05) is 6.42 Å². The molecule has 27 heavy (non-hydrogen) atoms. The fraction of sp³-hybridized carbons (Fsp3) is 0.650. The number of rotatable bonds is 13. The van der Waals surface area contributed by atoms with Crippen molar-refractivity contribution in [1.29, 1.82) is 0 Å². The molecule has 1 aromatic heterocycles. The summed E-state index contributed by atoms with van der Waals surface area (Å²) in [7, 11) is 0. The summed E-state index contributed by atoms with van der Waals surface area (Å²) in [5.41, 5.74) is 6.04. The Morgan fingerprint density at radius 2 is 1.59 bits per heavy atom. The van der Waals surface area contributed by atoms with E-state index in [1.54, 1.807) is 13.8 Å². The summed E-state index contributed by atoms with van der Waals surface area (Å²) in [4.78, 5) is 36.3. The van der Waals surface area contributed by atoms with Crippen LogP contribution in [-0.2, 0) is 9.53 Å². The van der Waals surface area contributed by atoms with Crippen molar-refractivity contribution >= 4 is 34.1 Å². The first-order valence-corrected chi connectivity index (χ1v) is 10.6. The fourth-order valence-corrected chi connectivity index (χ4v) is 3.96. The minimum atomic E-state index is -0.619. The summed E-state index contributed by atoms with van der Waals surface area (Å²) in [6.45, 7) is 5.76. The molecule has 0 unspecified atom stereocenters. The highest BCUT2D eigenvalue weighted by atomic mass is 32.1. The smallest absolute Gasteiger partial charge is 0.341 e. The van der Waals surface area contributed by atoms with E-state index in [9.17, 15) is 14.4 Å². The van der Waals surface area contributed by atoms with Crippen molar-refractivity contribution in [3.05, 3.63) is 16.0 Å². The van der Waals surface area contributed by atoms with Gasteiger partial charge in [0.15, 0.2) is 0 Å². The molecule has 3 N–H and O–H groups in total. The van der Waals surface area contributed by atoms with Gasteiger partial charge in [-0.1, -0.05) is 51.9 Å². The number of nitrogens with two attached hydrogens (primary N) is 1. The van der Waals surface area contributed by atoms with Gasteiger partial charge in [0.25, 0.3) is 5.91 Å². The van der Waals surface area contributed by atoms with E-state index in [2.05, 4.69) is 12.2 Å². The molecular weight excluding hydrogens is 364 g/mol. The summed E-state index contributed by atoms with van der Waals surface area (Å²) in [5, 5.41) is 3.09. The summed E-state index contributed by atoms with van der Waals surface area (Å²) < 4.78 is 5.04. The molecule has 0 bridgehead atoms. The lowest BCUT2D eigenvalue weighted by Crippen LogP contribution is -2.14. The molecular formula is C20H32N2O4S. The number of anilines is 1. The zero-order valence-corrected chi connectivity index (χ0v) is 17.5. The normalized spacial score (nSPS) is 10.6. The third-order valence-corrected chi connectivity index (χ3v) is 5.58. The Morgan fingerprint density at radius 1 is 1.00 bits per heavy atom. The minimum absolute atomic E-state index is 0.163. The van der Waals surface area contributed by atoms with E-state index in [1.165, 1.54) is 32.1 Å². The van der Waals surface area contributed by atoms with E-state index in [-0.39, 0.29) is 23.0 Å². The van der Waals surface area contributed by atoms with Gasteiger partial charge < -0.3 is 15.8 Å². The predicted molar refractivity (Wildman–Crippen MR) is 109 cm³/mol. The molecule has 0 saturated heterocycles. The van der Waals surface area contributed by atoms with Crippen LogP contribution in [0.5, 0.6) is 0 Å². The van der Waals surface area contributed by atoms with Crippen LogP contribution >= 0.6 is 11.3 Å². The maximum Gasteiger partial charge on any atom is 0.341 e. The van der Waals surface area contributed by atoms with Crippen molar-refractivity contribution < 1.29 is 19.1 Å². The number of ether oxygens (including phenoxy) is 1. The van der Waals surface area contributed by atoms with Gasteiger partial charge in [-0.3, -0.25) is 9.59 Å². The Morgan fingerprint density at radius 3 is 2.15 bits per heavy atom. The van der Waals surface area contributed by atoms with Crippen LogP contribution in [0.2, 0.25) is 0 Å². The van der Waals surface area contributed by atoms with Crippen LogP contribution in [0.1, 0.15) is 97.2 Å². The van der Waals surface area contributed by atoms with Gasteiger partial charge in [-0.05, 0) is 25.8 Å². The molecule has 0 aliphatic rings. The SMILES string of the molecule is CCCCCCCCCCC(=O)Nc1sc(C(N)=O)c(C)c1C(=O)OCC.